The molecule has 1 heterocycles. The van der Waals surface area contributed by atoms with Crippen molar-refractivity contribution in [1.82, 2.24) is 4.90 Å². The van der Waals surface area contributed by atoms with Crippen molar-refractivity contribution in [3.63, 3.8) is 0 Å². The minimum atomic E-state index is -0.484. The van der Waals surface area contributed by atoms with Crippen LogP contribution in [0.25, 0.3) is 0 Å². The van der Waals surface area contributed by atoms with Gasteiger partial charge in [-0.2, -0.15) is 0 Å². The first kappa shape index (κ1) is 14.5. The predicted molar refractivity (Wildman–Crippen MR) is 77.2 cm³/mol. The van der Waals surface area contributed by atoms with E-state index in [-0.39, 0.29) is 11.9 Å². The van der Waals surface area contributed by atoms with Crippen LogP contribution in [-0.4, -0.2) is 35.8 Å². The Kier molecular flexibility index (Phi) is 4.39. The van der Waals surface area contributed by atoms with Gasteiger partial charge in [0.15, 0.2) is 0 Å². The van der Waals surface area contributed by atoms with Crippen LogP contribution in [0.4, 0.5) is 0 Å². The number of likely N-dealkylation sites (tertiary alicyclic amines) is 1. The molecule has 5 heteroatoms. The van der Waals surface area contributed by atoms with Crippen LogP contribution in [0.3, 0.4) is 0 Å². The van der Waals surface area contributed by atoms with Gasteiger partial charge in [0.05, 0.1) is 0 Å². The van der Waals surface area contributed by atoms with E-state index in [2.05, 4.69) is 0 Å². The number of hydrogen-bond acceptors (Lipinski definition) is 3. The molecule has 5 nitrogen and oxygen atoms in total. The molecule has 1 aliphatic heterocycles. The maximum atomic E-state index is 12.3. The van der Waals surface area contributed by atoms with Gasteiger partial charge in [0.25, 0.3) is 5.91 Å². The number of benzene rings is 1. The molecule has 0 aliphatic carbocycles. The first-order valence-electron chi connectivity index (χ1n) is 6.93. The molecular weight excluding hydrogens is 254 g/mol. The van der Waals surface area contributed by atoms with E-state index in [1.807, 2.05) is 11.8 Å². The summed E-state index contributed by atoms with van der Waals surface area (Å²) in [4.78, 5) is 25.2. The van der Waals surface area contributed by atoms with Crippen LogP contribution >= 0.6 is 0 Å². The van der Waals surface area contributed by atoms with Gasteiger partial charge in [0.2, 0.25) is 5.91 Å². The number of nitrogens with two attached hydrogens (primary N) is 2. The summed E-state index contributed by atoms with van der Waals surface area (Å²) in [5.41, 5.74) is 12.1. The third-order valence-corrected chi connectivity index (χ3v) is 3.99. The number of hydrogen-bond donors (Lipinski definition) is 2. The van der Waals surface area contributed by atoms with Crippen molar-refractivity contribution in [3.05, 3.63) is 35.4 Å². The fourth-order valence-corrected chi connectivity index (χ4v) is 2.59. The van der Waals surface area contributed by atoms with Gasteiger partial charge in [-0.15, -0.1) is 0 Å². The predicted octanol–water partition coefficient (Wildman–Crippen LogP) is 0.985. The molecule has 1 unspecified atom stereocenters. The second-order valence-electron chi connectivity index (χ2n) is 5.43. The third-order valence-electron chi connectivity index (χ3n) is 3.99. The molecule has 2 rings (SSSR count). The van der Waals surface area contributed by atoms with E-state index in [0.717, 1.165) is 25.9 Å². The number of rotatable bonds is 3. The zero-order valence-corrected chi connectivity index (χ0v) is 11.7. The molecule has 0 aromatic heterocycles. The summed E-state index contributed by atoms with van der Waals surface area (Å²) in [6.45, 7) is 3.50. The van der Waals surface area contributed by atoms with Crippen LogP contribution in [0.2, 0.25) is 0 Å². The van der Waals surface area contributed by atoms with Gasteiger partial charge < -0.3 is 16.4 Å². The van der Waals surface area contributed by atoms with Crippen molar-refractivity contribution in [3.8, 4) is 0 Å². The van der Waals surface area contributed by atoms with Gasteiger partial charge >= 0.3 is 0 Å². The normalized spacial score (nSPS) is 17.8. The van der Waals surface area contributed by atoms with Crippen molar-refractivity contribution < 1.29 is 9.59 Å². The molecule has 0 radical (unpaired) electrons. The molecule has 1 aromatic rings. The Balaban J connectivity index is 2.00. The van der Waals surface area contributed by atoms with Gasteiger partial charge in [-0.1, -0.05) is 0 Å². The van der Waals surface area contributed by atoms with Gasteiger partial charge in [0.1, 0.15) is 0 Å². The zero-order valence-electron chi connectivity index (χ0n) is 11.7. The number of amides is 2. The summed E-state index contributed by atoms with van der Waals surface area (Å²) in [6, 6.07) is 6.66. The lowest BCUT2D eigenvalue weighted by Crippen LogP contribution is -2.42. The third kappa shape index (κ3) is 3.17. The molecule has 1 saturated heterocycles. The van der Waals surface area contributed by atoms with E-state index in [9.17, 15) is 9.59 Å². The van der Waals surface area contributed by atoms with Crippen molar-refractivity contribution in [2.24, 2.45) is 17.4 Å². The van der Waals surface area contributed by atoms with Crippen LogP contribution in [0.1, 0.15) is 40.5 Å². The number of carbonyl (C=O) groups excluding carboxylic acids is 2. The fraction of sp³-hybridized carbons (Fsp3) is 0.467. The molecule has 108 valence electrons. The van der Waals surface area contributed by atoms with Gasteiger partial charge in [0, 0.05) is 30.3 Å². The van der Waals surface area contributed by atoms with E-state index < -0.39 is 5.91 Å². The molecule has 1 aromatic carbocycles. The second-order valence-corrected chi connectivity index (χ2v) is 5.43. The molecule has 0 spiro atoms. The topological polar surface area (TPSA) is 89.4 Å². The lowest BCUT2D eigenvalue weighted by Gasteiger charge is -2.33. The highest BCUT2D eigenvalue weighted by Crippen LogP contribution is 2.21. The Morgan fingerprint density at radius 3 is 2.10 bits per heavy atom. The van der Waals surface area contributed by atoms with Crippen molar-refractivity contribution >= 4 is 11.8 Å². The smallest absolute Gasteiger partial charge is 0.253 e. The van der Waals surface area contributed by atoms with Gasteiger partial charge in [-0.05, 0) is 49.9 Å². The lowest BCUT2D eigenvalue weighted by molar-refractivity contribution is 0.0680. The summed E-state index contributed by atoms with van der Waals surface area (Å²) in [5.74, 6) is 0.0159. The van der Waals surface area contributed by atoms with Crippen molar-refractivity contribution in [2.45, 2.75) is 25.8 Å². The van der Waals surface area contributed by atoms with E-state index in [1.54, 1.807) is 24.3 Å². The van der Waals surface area contributed by atoms with E-state index in [4.69, 9.17) is 11.5 Å². The number of carbonyl (C=O) groups is 2. The van der Waals surface area contributed by atoms with Crippen molar-refractivity contribution in [1.29, 1.82) is 0 Å². The maximum Gasteiger partial charge on any atom is 0.253 e. The first-order valence-corrected chi connectivity index (χ1v) is 6.93. The van der Waals surface area contributed by atoms with Gasteiger partial charge in [-0.3, -0.25) is 9.59 Å². The van der Waals surface area contributed by atoms with Crippen molar-refractivity contribution in [2.75, 3.05) is 13.1 Å². The quantitative estimate of drug-likeness (QED) is 0.861. The van der Waals surface area contributed by atoms with Crippen LogP contribution in [0.5, 0.6) is 0 Å². The monoisotopic (exact) mass is 275 g/mol. The SMILES string of the molecule is CC(N)C1CCN(C(=O)c2ccc(C(N)=O)cc2)CC1. The molecule has 1 aliphatic rings. The van der Waals surface area contributed by atoms with Crippen LogP contribution in [-0.2, 0) is 0 Å². The number of primary amides is 1. The fourth-order valence-electron chi connectivity index (χ4n) is 2.59. The Hall–Kier alpha value is -1.88. The summed E-state index contributed by atoms with van der Waals surface area (Å²) < 4.78 is 0. The largest absolute Gasteiger partial charge is 0.366 e. The zero-order chi connectivity index (χ0) is 14.7. The van der Waals surface area contributed by atoms with Crippen LogP contribution < -0.4 is 11.5 Å². The molecular formula is C15H21N3O2. The minimum absolute atomic E-state index is 0.00384. The molecule has 0 saturated carbocycles. The lowest BCUT2D eigenvalue weighted by atomic mass is 9.90. The molecule has 0 bridgehead atoms. The number of piperidine rings is 1. The first-order chi connectivity index (χ1) is 9.49. The number of nitrogens with zero attached hydrogens (tertiary/aromatic N) is 1. The molecule has 1 fully saturated rings. The Labute approximate surface area is 118 Å². The minimum Gasteiger partial charge on any atom is -0.366 e. The van der Waals surface area contributed by atoms with E-state index >= 15 is 0 Å². The van der Waals surface area contributed by atoms with E-state index in [1.165, 1.54) is 0 Å². The summed E-state index contributed by atoms with van der Waals surface area (Å²) in [6.07, 6.45) is 1.89. The molecule has 20 heavy (non-hydrogen) atoms. The average molecular weight is 275 g/mol. The average Bonchev–Trinajstić information content (AvgIpc) is 2.46. The Morgan fingerprint density at radius 1 is 1.15 bits per heavy atom. The highest BCUT2D eigenvalue weighted by atomic mass is 16.2. The molecule has 4 N–H and O–H groups in total. The Bertz CT molecular complexity index is 488. The highest BCUT2D eigenvalue weighted by molar-refractivity contribution is 5.97. The maximum absolute atomic E-state index is 12.3. The van der Waals surface area contributed by atoms with Gasteiger partial charge in [-0.25, -0.2) is 0 Å². The highest BCUT2D eigenvalue weighted by Gasteiger charge is 2.25. The summed E-state index contributed by atoms with van der Waals surface area (Å²) in [7, 11) is 0. The second kappa shape index (κ2) is 6.05. The standard InChI is InChI=1S/C15H21N3O2/c1-10(16)11-6-8-18(9-7-11)15(20)13-4-2-12(3-5-13)14(17)19/h2-5,10-11H,6-9,16H2,1H3,(H2,17,19). The van der Waals surface area contributed by atoms with Crippen LogP contribution in [0.15, 0.2) is 24.3 Å². The Morgan fingerprint density at radius 2 is 1.65 bits per heavy atom. The summed E-state index contributed by atoms with van der Waals surface area (Å²) in [5, 5.41) is 0. The van der Waals surface area contributed by atoms with Crippen LogP contribution in [0, 0.1) is 5.92 Å². The molecule has 1 atom stereocenters. The molecule has 2 amide bonds. The van der Waals surface area contributed by atoms with E-state index in [0.29, 0.717) is 17.0 Å². The summed E-state index contributed by atoms with van der Waals surface area (Å²) >= 11 is 0.